The van der Waals surface area contributed by atoms with Gasteiger partial charge in [-0.25, -0.2) is 14.4 Å². The summed E-state index contributed by atoms with van der Waals surface area (Å²) in [5, 5.41) is 11.2. The molecule has 4 aromatic carbocycles. The van der Waals surface area contributed by atoms with Crippen LogP contribution in [0.2, 0.25) is 0 Å². The van der Waals surface area contributed by atoms with Crippen LogP contribution in [0.5, 0.6) is 5.75 Å². The van der Waals surface area contributed by atoms with Crippen molar-refractivity contribution in [3.63, 3.8) is 0 Å². The molecule has 0 radical (unpaired) electrons. The minimum absolute atomic E-state index is 0.146. The van der Waals surface area contributed by atoms with Gasteiger partial charge in [0.1, 0.15) is 23.4 Å². The number of likely N-dealkylation sites (tertiary alicyclic amines) is 1. The normalized spacial score (nSPS) is 15.4. The maximum Gasteiger partial charge on any atom is 0.262 e. The van der Waals surface area contributed by atoms with Gasteiger partial charge in [0.05, 0.1) is 28.3 Å². The Balaban J connectivity index is 1.32. The summed E-state index contributed by atoms with van der Waals surface area (Å²) >= 11 is 0. The van der Waals surface area contributed by atoms with Crippen molar-refractivity contribution in [1.29, 1.82) is 0 Å². The monoisotopic (exact) mass is 559 g/mol. The van der Waals surface area contributed by atoms with E-state index in [0.29, 0.717) is 28.2 Å². The zero-order valence-corrected chi connectivity index (χ0v) is 23.2. The number of rotatable bonds is 5. The summed E-state index contributed by atoms with van der Waals surface area (Å²) in [6.45, 7) is 2.22. The second-order valence-corrected chi connectivity index (χ2v) is 11.1. The number of phenolic OH excluding ortho intramolecular Hbond substituents is 1. The average molecular weight is 560 g/mol. The van der Waals surface area contributed by atoms with Crippen LogP contribution in [0.4, 0.5) is 4.39 Å². The molecule has 210 valence electrons. The average Bonchev–Trinajstić information content (AvgIpc) is 3.44. The summed E-state index contributed by atoms with van der Waals surface area (Å²) in [4.78, 5) is 29.0. The van der Waals surface area contributed by atoms with Gasteiger partial charge < -0.3 is 15.0 Å². The maximum atomic E-state index is 14.5. The summed E-state index contributed by atoms with van der Waals surface area (Å²) in [6, 6.07) is 24.5. The van der Waals surface area contributed by atoms with Gasteiger partial charge in [0, 0.05) is 5.56 Å². The van der Waals surface area contributed by atoms with Crippen LogP contribution in [0.3, 0.4) is 0 Å². The van der Waals surface area contributed by atoms with Crippen LogP contribution in [0.25, 0.3) is 33.1 Å². The van der Waals surface area contributed by atoms with Crippen LogP contribution in [0, 0.1) is 5.82 Å². The van der Waals surface area contributed by atoms with Crippen LogP contribution >= 0.6 is 0 Å². The number of hydrogen-bond donors (Lipinski definition) is 2. The standard InChI is InChI=1S/C34H30FN5O2/c1-39-16-14-23(15-17-39)21-6-8-22(9-7-21)24-10-12-28-26(18-24)34(42)40(20-36-28)32(27-19-25(35)11-13-31(27)41)33-37-29-4-2-3-5-30(29)38-33/h2-13,18-20,23,32,41H,14-17H2,1H3,(H,37,38). The lowest BCUT2D eigenvalue weighted by Crippen LogP contribution is -2.29. The highest BCUT2D eigenvalue weighted by atomic mass is 19.1. The second-order valence-electron chi connectivity index (χ2n) is 11.1. The van der Waals surface area contributed by atoms with Crippen LogP contribution in [0.1, 0.15) is 41.8 Å². The number of para-hydroxylation sites is 2. The Morgan fingerprint density at radius 2 is 1.69 bits per heavy atom. The Bertz CT molecular complexity index is 1940. The number of halogens is 1. The Morgan fingerprint density at radius 3 is 2.48 bits per heavy atom. The van der Waals surface area contributed by atoms with E-state index in [9.17, 15) is 14.3 Å². The maximum absolute atomic E-state index is 14.5. The third-order valence-corrected chi connectivity index (χ3v) is 8.45. The number of hydrogen-bond acceptors (Lipinski definition) is 5. The first-order valence-electron chi connectivity index (χ1n) is 14.2. The molecule has 42 heavy (non-hydrogen) atoms. The topological polar surface area (TPSA) is 87.0 Å². The molecule has 0 spiro atoms. The van der Waals surface area contributed by atoms with Gasteiger partial charge in [-0.05, 0) is 98.1 Å². The predicted molar refractivity (Wildman–Crippen MR) is 162 cm³/mol. The molecule has 7 rings (SSSR count). The van der Waals surface area contributed by atoms with E-state index < -0.39 is 11.9 Å². The molecule has 1 aliphatic heterocycles. The third kappa shape index (κ3) is 4.73. The third-order valence-electron chi connectivity index (χ3n) is 8.45. The van der Waals surface area contributed by atoms with Gasteiger partial charge >= 0.3 is 0 Å². The van der Waals surface area contributed by atoms with Crippen LogP contribution < -0.4 is 5.56 Å². The van der Waals surface area contributed by atoms with Crippen LogP contribution in [-0.2, 0) is 0 Å². The van der Waals surface area contributed by atoms with Crippen LogP contribution in [-0.4, -0.2) is 49.7 Å². The summed E-state index contributed by atoms with van der Waals surface area (Å²) < 4.78 is 15.9. The van der Waals surface area contributed by atoms with E-state index >= 15 is 0 Å². The SMILES string of the molecule is CN1CCC(c2ccc(-c3ccc4ncn(C(c5nc6ccccc6[nH]5)c5cc(F)ccc5O)c(=O)c4c3)cc2)CC1. The number of nitrogens with zero attached hydrogens (tertiary/aromatic N) is 4. The minimum atomic E-state index is -0.935. The zero-order chi connectivity index (χ0) is 28.8. The molecule has 1 fully saturated rings. The molecular weight excluding hydrogens is 529 g/mol. The first-order chi connectivity index (χ1) is 20.4. The highest BCUT2D eigenvalue weighted by Crippen LogP contribution is 2.33. The van der Waals surface area contributed by atoms with Crippen molar-refractivity contribution in [3.8, 4) is 16.9 Å². The number of aromatic amines is 1. The van der Waals surface area contributed by atoms with Crippen molar-refractivity contribution in [2.24, 2.45) is 0 Å². The minimum Gasteiger partial charge on any atom is -0.508 e. The molecule has 1 unspecified atom stereocenters. The first-order valence-corrected chi connectivity index (χ1v) is 14.2. The fraction of sp³-hybridized carbons (Fsp3) is 0.206. The lowest BCUT2D eigenvalue weighted by molar-refractivity contribution is 0.255. The number of nitrogens with one attached hydrogen (secondary N) is 1. The molecule has 0 bridgehead atoms. The van der Waals surface area contributed by atoms with Crippen molar-refractivity contribution < 1.29 is 9.50 Å². The van der Waals surface area contributed by atoms with Gasteiger partial charge in [0.25, 0.3) is 5.56 Å². The summed E-state index contributed by atoms with van der Waals surface area (Å²) in [7, 11) is 2.17. The fourth-order valence-electron chi connectivity index (χ4n) is 6.06. The number of phenols is 1. The van der Waals surface area contributed by atoms with Crippen molar-refractivity contribution in [3.05, 3.63) is 124 Å². The van der Waals surface area contributed by atoms with Gasteiger partial charge in [0.15, 0.2) is 0 Å². The predicted octanol–water partition coefficient (Wildman–Crippen LogP) is 6.23. The molecule has 1 atom stereocenters. The fourth-order valence-corrected chi connectivity index (χ4v) is 6.06. The van der Waals surface area contributed by atoms with Gasteiger partial charge in [-0.2, -0.15) is 0 Å². The van der Waals surface area contributed by atoms with E-state index in [1.165, 1.54) is 34.7 Å². The molecule has 0 aliphatic carbocycles. The number of aromatic hydroxyl groups is 1. The Labute approximate surface area is 241 Å². The van der Waals surface area contributed by atoms with Gasteiger partial charge in [0.2, 0.25) is 0 Å². The summed E-state index contributed by atoms with van der Waals surface area (Å²) in [6.07, 6.45) is 3.75. The van der Waals surface area contributed by atoms with Crippen molar-refractivity contribution in [2.75, 3.05) is 20.1 Å². The van der Waals surface area contributed by atoms with Gasteiger partial charge in [-0.1, -0.05) is 42.5 Å². The zero-order valence-electron chi connectivity index (χ0n) is 23.2. The molecule has 1 aliphatic rings. The lowest BCUT2D eigenvalue weighted by Gasteiger charge is -2.29. The second kappa shape index (κ2) is 10.5. The Morgan fingerprint density at radius 1 is 0.929 bits per heavy atom. The highest BCUT2D eigenvalue weighted by Gasteiger charge is 2.26. The number of H-pyrrole nitrogens is 1. The molecule has 1 saturated heterocycles. The Kier molecular flexibility index (Phi) is 6.55. The van der Waals surface area contributed by atoms with E-state index in [0.717, 1.165) is 42.6 Å². The molecule has 8 heteroatoms. The first kappa shape index (κ1) is 26.1. The van der Waals surface area contributed by atoms with Gasteiger partial charge in [-0.3, -0.25) is 9.36 Å². The lowest BCUT2D eigenvalue weighted by atomic mass is 9.88. The summed E-state index contributed by atoms with van der Waals surface area (Å²) in [5.74, 6) is 0.280. The Hall–Kier alpha value is -4.82. The quantitative estimate of drug-likeness (QED) is 0.262. The molecule has 6 aromatic rings. The number of fused-ring (bicyclic) bond motifs is 2. The highest BCUT2D eigenvalue weighted by molar-refractivity contribution is 5.84. The molecular formula is C34H30FN5O2. The van der Waals surface area contributed by atoms with E-state index in [2.05, 4.69) is 46.2 Å². The van der Waals surface area contributed by atoms with E-state index in [1.807, 2.05) is 42.5 Å². The number of benzene rings is 4. The van der Waals surface area contributed by atoms with Crippen molar-refractivity contribution in [2.45, 2.75) is 24.8 Å². The van der Waals surface area contributed by atoms with Crippen LogP contribution in [0.15, 0.2) is 96.1 Å². The van der Waals surface area contributed by atoms with E-state index in [-0.39, 0.29) is 16.9 Å². The molecule has 7 nitrogen and oxygen atoms in total. The molecule has 2 N–H and O–H groups in total. The summed E-state index contributed by atoms with van der Waals surface area (Å²) in [5.41, 5.74) is 5.16. The van der Waals surface area contributed by atoms with Crippen molar-refractivity contribution >= 4 is 21.9 Å². The molecule has 0 amide bonds. The smallest absolute Gasteiger partial charge is 0.262 e. The van der Waals surface area contributed by atoms with Gasteiger partial charge in [-0.15, -0.1) is 0 Å². The van der Waals surface area contributed by atoms with E-state index in [4.69, 9.17) is 4.98 Å². The van der Waals surface area contributed by atoms with Crippen molar-refractivity contribution in [1.82, 2.24) is 24.4 Å². The molecule has 2 aromatic heterocycles. The molecule has 0 saturated carbocycles. The molecule has 3 heterocycles. The largest absolute Gasteiger partial charge is 0.508 e. The number of imidazole rings is 1. The van der Waals surface area contributed by atoms with E-state index in [1.54, 1.807) is 0 Å². The number of piperidine rings is 1. The number of aromatic nitrogens is 4.